The molecule has 0 bridgehead atoms. The molecule has 0 unspecified atom stereocenters. The Hall–Kier alpha value is -3.90. The molecular formula is C25H22FN3O4S. The Bertz CT molecular complexity index is 1360. The zero-order valence-electron chi connectivity index (χ0n) is 18.3. The number of aryl methyl sites for hydroxylation is 1. The number of nitriles is 1. The van der Waals surface area contributed by atoms with E-state index in [0.717, 1.165) is 30.5 Å². The summed E-state index contributed by atoms with van der Waals surface area (Å²) >= 11 is 0. The zero-order chi connectivity index (χ0) is 24.3. The summed E-state index contributed by atoms with van der Waals surface area (Å²) in [7, 11) is -3.88. The van der Waals surface area contributed by atoms with Crippen molar-refractivity contribution in [3.8, 4) is 11.8 Å². The highest BCUT2D eigenvalue weighted by Gasteiger charge is 2.44. The molecule has 0 radical (unpaired) electrons. The van der Waals surface area contributed by atoms with Gasteiger partial charge in [-0.25, -0.2) is 12.8 Å². The Labute approximate surface area is 197 Å². The molecule has 3 aromatic rings. The van der Waals surface area contributed by atoms with Crippen LogP contribution in [-0.2, 0) is 20.2 Å². The maximum atomic E-state index is 13.0. The molecule has 0 spiro atoms. The molecule has 2 N–H and O–H groups in total. The molecule has 0 aromatic heterocycles. The summed E-state index contributed by atoms with van der Waals surface area (Å²) in [5.74, 6) is -0.467. The fourth-order valence-corrected chi connectivity index (χ4v) is 4.63. The van der Waals surface area contributed by atoms with Crippen LogP contribution in [0.25, 0.3) is 0 Å². The van der Waals surface area contributed by atoms with Crippen LogP contribution in [0.3, 0.4) is 0 Å². The molecule has 9 heteroatoms. The SMILES string of the molecule is Cc1cc(S(=O)(=O)Nc2ccc(F)cc2)ccc1OCC(=O)Nc1ccc(C2(C#N)CC2)cc1. The lowest BCUT2D eigenvalue weighted by Gasteiger charge is -2.13. The molecule has 0 atom stereocenters. The predicted molar refractivity (Wildman–Crippen MR) is 125 cm³/mol. The van der Waals surface area contributed by atoms with Gasteiger partial charge in [0.1, 0.15) is 11.6 Å². The lowest BCUT2D eigenvalue weighted by Crippen LogP contribution is -2.20. The van der Waals surface area contributed by atoms with Gasteiger partial charge in [0, 0.05) is 11.4 Å². The lowest BCUT2D eigenvalue weighted by atomic mass is 9.98. The number of carbonyl (C=O) groups excluding carboxylic acids is 1. The van der Waals surface area contributed by atoms with Crippen molar-refractivity contribution in [2.45, 2.75) is 30.1 Å². The van der Waals surface area contributed by atoms with E-state index in [4.69, 9.17) is 4.74 Å². The van der Waals surface area contributed by atoms with E-state index in [2.05, 4.69) is 16.1 Å². The Kier molecular flexibility index (Phi) is 6.26. The van der Waals surface area contributed by atoms with Crippen LogP contribution in [0.15, 0.2) is 71.6 Å². The van der Waals surface area contributed by atoms with Gasteiger partial charge >= 0.3 is 0 Å². The summed E-state index contributed by atoms with van der Waals surface area (Å²) < 4.78 is 46.2. The first-order valence-electron chi connectivity index (χ1n) is 10.5. The molecule has 174 valence electrons. The summed E-state index contributed by atoms with van der Waals surface area (Å²) in [5.41, 5.74) is 1.94. The minimum atomic E-state index is -3.88. The molecular weight excluding hydrogens is 457 g/mol. The molecule has 0 saturated heterocycles. The van der Waals surface area contributed by atoms with Crippen molar-refractivity contribution in [1.82, 2.24) is 0 Å². The summed E-state index contributed by atoms with van der Waals surface area (Å²) in [5, 5.41) is 12.0. The molecule has 1 fully saturated rings. The number of halogens is 1. The van der Waals surface area contributed by atoms with Crippen molar-refractivity contribution in [1.29, 1.82) is 5.26 Å². The number of hydrogen-bond acceptors (Lipinski definition) is 5. The smallest absolute Gasteiger partial charge is 0.262 e. The molecule has 4 rings (SSSR count). The number of benzene rings is 3. The van der Waals surface area contributed by atoms with Gasteiger partial charge in [-0.2, -0.15) is 5.26 Å². The largest absolute Gasteiger partial charge is 0.483 e. The summed E-state index contributed by atoms with van der Waals surface area (Å²) in [6, 6.07) is 18.8. The van der Waals surface area contributed by atoms with Gasteiger partial charge in [-0.1, -0.05) is 12.1 Å². The molecule has 0 aliphatic heterocycles. The maximum absolute atomic E-state index is 13.0. The Morgan fingerprint density at radius 1 is 1.06 bits per heavy atom. The fourth-order valence-electron chi connectivity index (χ4n) is 3.49. The quantitative estimate of drug-likeness (QED) is 0.494. The number of ether oxygens (including phenoxy) is 1. The van der Waals surface area contributed by atoms with Gasteiger partial charge in [0.15, 0.2) is 6.61 Å². The fraction of sp³-hybridized carbons (Fsp3) is 0.200. The summed E-state index contributed by atoms with van der Waals surface area (Å²) in [6.07, 6.45) is 1.70. The first kappa shape index (κ1) is 23.3. The van der Waals surface area contributed by atoms with Gasteiger partial charge in [-0.3, -0.25) is 9.52 Å². The first-order valence-corrected chi connectivity index (χ1v) is 12.0. The predicted octanol–water partition coefficient (Wildman–Crippen LogP) is 4.51. The van der Waals surface area contributed by atoms with Gasteiger partial charge in [-0.05, 0) is 85.5 Å². The highest BCUT2D eigenvalue weighted by atomic mass is 32.2. The van der Waals surface area contributed by atoms with E-state index in [1.807, 2.05) is 12.1 Å². The van der Waals surface area contributed by atoms with E-state index < -0.39 is 15.8 Å². The minimum absolute atomic E-state index is 0.0111. The molecule has 1 amide bonds. The maximum Gasteiger partial charge on any atom is 0.262 e. The van der Waals surface area contributed by atoms with Gasteiger partial charge in [0.2, 0.25) is 0 Å². The number of sulfonamides is 1. The number of anilines is 2. The number of hydrogen-bond donors (Lipinski definition) is 2. The number of rotatable bonds is 8. The molecule has 1 aliphatic rings. The van der Waals surface area contributed by atoms with E-state index >= 15 is 0 Å². The molecule has 34 heavy (non-hydrogen) atoms. The van der Waals surface area contributed by atoms with Crippen molar-refractivity contribution >= 4 is 27.3 Å². The van der Waals surface area contributed by atoms with Crippen LogP contribution >= 0.6 is 0 Å². The second kappa shape index (κ2) is 9.15. The van der Waals surface area contributed by atoms with Crippen LogP contribution < -0.4 is 14.8 Å². The monoisotopic (exact) mass is 479 g/mol. The highest BCUT2D eigenvalue weighted by molar-refractivity contribution is 7.92. The summed E-state index contributed by atoms with van der Waals surface area (Å²) in [6.45, 7) is 1.41. The Balaban J connectivity index is 1.35. The van der Waals surface area contributed by atoms with Gasteiger partial charge in [0.25, 0.3) is 15.9 Å². The van der Waals surface area contributed by atoms with Crippen molar-refractivity contribution in [3.05, 3.63) is 83.7 Å². The Morgan fingerprint density at radius 2 is 1.71 bits per heavy atom. The molecule has 1 aliphatic carbocycles. The number of carbonyl (C=O) groups is 1. The van der Waals surface area contributed by atoms with Crippen molar-refractivity contribution in [2.75, 3.05) is 16.6 Å². The van der Waals surface area contributed by atoms with Crippen molar-refractivity contribution in [2.24, 2.45) is 0 Å². The van der Waals surface area contributed by atoms with Crippen LogP contribution in [0.5, 0.6) is 5.75 Å². The van der Waals surface area contributed by atoms with E-state index in [1.54, 1.807) is 19.1 Å². The number of nitrogens with zero attached hydrogens (tertiary/aromatic N) is 1. The lowest BCUT2D eigenvalue weighted by molar-refractivity contribution is -0.118. The minimum Gasteiger partial charge on any atom is -0.483 e. The van der Waals surface area contributed by atoms with Crippen LogP contribution in [0, 0.1) is 24.1 Å². The van der Waals surface area contributed by atoms with Crippen molar-refractivity contribution in [3.63, 3.8) is 0 Å². The molecule has 7 nitrogen and oxygen atoms in total. The topological polar surface area (TPSA) is 108 Å². The number of nitrogens with one attached hydrogen (secondary N) is 2. The van der Waals surface area contributed by atoms with Crippen LogP contribution in [0.2, 0.25) is 0 Å². The third kappa shape index (κ3) is 5.18. The van der Waals surface area contributed by atoms with E-state index in [9.17, 15) is 22.9 Å². The van der Waals surface area contributed by atoms with Crippen molar-refractivity contribution < 1.29 is 22.3 Å². The second-order valence-corrected chi connectivity index (χ2v) is 9.83. The van der Waals surface area contributed by atoms with Crippen LogP contribution in [-0.4, -0.2) is 20.9 Å². The third-order valence-corrected chi connectivity index (χ3v) is 6.98. The normalized spacial score (nSPS) is 14.0. The highest BCUT2D eigenvalue weighted by Crippen LogP contribution is 2.47. The standard InChI is InChI=1S/C25H22FN3O4S/c1-17-14-22(34(31,32)29-21-8-4-19(26)5-9-21)10-11-23(17)33-15-24(30)28-20-6-2-18(3-7-20)25(16-27)12-13-25/h2-11,14,29H,12-13,15H2,1H3,(H,28,30). The van der Waals surface area contributed by atoms with E-state index in [1.165, 1.54) is 30.3 Å². The average molecular weight is 480 g/mol. The zero-order valence-corrected chi connectivity index (χ0v) is 19.2. The van der Waals surface area contributed by atoms with Crippen LogP contribution in [0.1, 0.15) is 24.0 Å². The first-order chi connectivity index (χ1) is 16.2. The van der Waals surface area contributed by atoms with E-state index in [-0.39, 0.29) is 28.5 Å². The third-order valence-electron chi connectivity index (χ3n) is 5.60. The summed E-state index contributed by atoms with van der Waals surface area (Å²) in [4.78, 5) is 12.3. The van der Waals surface area contributed by atoms with E-state index in [0.29, 0.717) is 17.0 Å². The number of amides is 1. The van der Waals surface area contributed by atoms with Gasteiger partial charge in [0.05, 0.1) is 16.4 Å². The molecule has 3 aromatic carbocycles. The van der Waals surface area contributed by atoms with Crippen LogP contribution in [0.4, 0.5) is 15.8 Å². The molecule has 0 heterocycles. The second-order valence-electron chi connectivity index (χ2n) is 8.15. The Morgan fingerprint density at radius 3 is 2.29 bits per heavy atom. The average Bonchev–Trinajstić information content (AvgIpc) is 3.61. The van der Waals surface area contributed by atoms with Gasteiger partial charge < -0.3 is 10.1 Å². The molecule has 1 saturated carbocycles. The van der Waals surface area contributed by atoms with Gasteiger partial charge in [-0.15, -0.1) is 0 Å².